The molecule has 0 saturated heterocycles. The predicted molar refractivity (Wildman–Crippen MR) is 55.5 cm³/mol. The highest BCUT2D eigenvalue weighted by molar-refractivity contribution is 5.94. The highest BCUT2D eigenvalue weighted by Gasteiger charge is 2.23. The Hall–Kier alpha value is -1.72. The Morgan fingerprint density at radius 1 is 1.35 bits per heavy atom. The van der Waals surface area contributed by atoms with Crippen molar-refractivity contribution < 1.29 is 22.7 Å². The van der Waals surface area contributed by atoms with Crippen molar-refractivity contribution in [1.29, 1.82) is 0 Å². The molecule has 1 rings (SSSR count). The summed E-state index contributed by atoms with van der Waals surface area (Å²) < 4.78 is 44.2. The summed E-state index contributed by atoms with van der Waals surface area (Å²) in [6.07, 6.45) is 0.647. The SMILES string of the molecule is CCCNC(=O)c1cc(F)c(F)c(OC)c1F. The maximum Gasteiger partial charge on any atom is 0.254 e. The third kappa shape index (κ3) is 2.69. The van der Waals surface area contributed by atoms with E-state index in [0.717, 1.165) is 7.11 Å². The van der Waals surface area contributed by atoms with E-state index < -0.39 is 34.7 Å². The lowest BCUT2D eigenvalue weighted by Gasteiger charge is -2.09. The maximum atomic E-state index is 13.6. The number of amides is 1. The summed E-state index contributed by atoms with van der Waals surface area (Å²) in [5.74, 6) is -5.69. The van der Waals surface area contributed by atoms with Crippen LogP contribution in [0.4, 0.5) is 13.2 Å². The minimum absolute atomic E-state index is 0.319. The number of carbonyl (C=O) groups excluding carboxylic acids is 1. The Balaban J connectivity index is 3.17. The summed E-state index contributed by atoms with van der Waals surface area (Å²) in [4.78, 5) is 11.5. The van der Waals surface area contributed by atoms with Gasteiger partial charge in [0.2, 0.25) is 5.82 Å². The normalized spacial score (nSPS) is 10.2. The number of nitrogens with one attached hydrogen (secondary N) is 1. The summed E-state index contributed by atoms with van der Waals surface area (Å²) >= 11 is 0. The number of carbonyl (C=O) groups is 1. The highest BCUT2D eigenvalue weighted by atomic mass is 19.2. The van der Waals surface area contributed by atoms with E-state index >= 15 is 0 Å². The summed E-state index contributed by atoms with van der Waals surface area (Å²) in [6, 6.07) is 0.512. The largest absolute Gasteiger partial charge is 0.491 e. The number of benzene rings is 1. The monoisotopic (exact) mass is 247 g/mol. The molecule has 3 nitrogen and oxygen atoms in total. The fourth-order valence-corrected chi connectivity index (χ4v) is 1.26. The second kappa shape index (κ2) is 5.56. The van der Waals surface area contributed by atoms with Crippen LogP contribution in [0, 0.1) is 17.5 Å². The van der Waals surface area contributed by atoms with Crippen molar-refractivity contribution in [2.75, 3.05) is 13.7 Å². The molecular weight excluding hydrogens is 235 g/mol. The quantitative estimate of drug-likeness (QED) is 0.829. The van der Waals surface area contributed by atoms with Crippen molar-refractivity contribution in [2.24, 2.45) is 0 Å². The van der Waals surface area contributed by atoms with Gasteiger partial charge in [-0.2, -0.15) is 4.39 Å². The number of methoxy groups -OCH3 is 1. The van der Waals surface area contributed by atoms with Crippen LogP contribution in [0.2, 0.25) is 0 Å². The first-order valence-corrected chi connectivity index (χ1v) is 5.02. The summed E-state index contributed by atoms with van der Waals surface area (Å²) in [6.45, 7) is 2.13. The van der Waals surface area contributed by atoms with E-state index in [2.05, 4.69) is 10.1 Å². The van der Waals surface area contributed by atoms with Crippen molar-refractivity contribution in [1.82, 2.24) is 5.32 Å². The fourth-order valence-electron chi connectivity index (χ4n) is 1.26. The van der Waals surface area contributed by atoms with Crippen molar-refractivity contribution in [3.8, 4) is 5.75 Å². The number of ether oxygens (including phenoxy) is 1. The molecule has 0 heterocycles. The first-order chi connectivity index (χ1) is 8.02. The molecule has 0 radical (unpaired) electrons. The Labute approximate surface area is 96.6 Å². The van der Waals surface area contributed by atoms with Gasteiger partial charge in [-0.25, -0.2) is 8.78 Å². The Bertz CT molecular complexity index is 435. The molecule has 0 aromatic heterocycles. The topological polar surface area (TPSA) is 38.3 Å². The summed E-state index contributed by atoms with van der Waals surface area (Å²) in [5.41, 5.74) is -0.575. The van der Waals surface area contributed by atoms with Crippen molar-refractivity contribution in [2.45, 2.75) is 13.3 Å². The molecule has 0 aliphatic carbocycles. The van der Waals surface area contributed by atoms with Gasteiger partial charge in [0.25, 0.3) is 5.91 Å². The second-order valence-corrected chi connectivity index (χ2v) is 3.32. The lowest BCUT2D eigenvalue weighted by Crippen LogP contribution is -2.25. The van der Waals surface area contributed by atoms with Gasteiger partial charge in [-0.15, -0.1) is 0 Å². The molecule has 1 amide bonds. The molecule has 0 fully saturated rings. The first kappa shape index (κ1) is 13.3. The lowest BCUT2D eigenvalue weighted by atomic mass is 10.1. The minimum Gasteiger partial charge on any atom is -0.491 e. The Morgan fingerprint density at radius 2 is 2.00 bits per heavy atom. The molecule has 1 N–H and O–H groups in total. The lowest BCUT2D eigenvalue weighted by molar-refractivity contribution is 0.0948. The maximum absolute atomic E-state index is 13.6. The standard InChI is InChI=1S/C11H12F3NO2/c1-3-4-15-11(16)6-5-7(12)9(14)10(17-2)8(6)13/h5H,3-4H2,1-2H3,(H,15,16). The summed E-state index contributed by atoms with van der Waals surface area (Å²) in [5, 5.41) is 2.36. The van der Waals surface area contributed by atoms with Crippen LogP contribution in [0.15, 0.2) is 6.07 Å². The predicted octanol–water partition coefficient (Wildman–Crippen LogP) is 2.25. The van der Waals surface area contributed by atoms with Crippen molar-refractivity contribution >= 4 is 5.91 Å². The smallest absolute Gasteiger partial charge is 0.254 e. The van der Waals surface area contributed by atoms with Crippen LogP contribution in [0.1, 0.15) is 23.7 Å². The Kier molecular flexibility index (Phi) is 4.37. The second-order valence-electron chi connectivity index (χ2n) is 3.32. The molecule has 0 unspecified atom stereocenters. The van der Waals surface area contributed by atoms with Gasteiger partial charge in [-0.3, -0.25) is 4.79 Å². The van der Waals surface area contributed by atoms with Gasteiger partial charge < -0.3 is 10.1 Å². The zero-order chi connectivity index (χ0) is 13.0. The molecule has 0 atom stereocenters. The average molecular weight is 247 g/mol. The van der Waals surface area contributed by atoms with E-state index in [0.29, 0.717) is 19.0 Å². The van der Waals surface area contributed by atoms with Crippen LogP contribution in [-0.4, -0.2) is 19.6 Å². The van der Waals surface area contributed by atoms with Crippen LogP contribution >= 0.6 is 0 Å². The van der Waals surface area contributed by atoms with Crippen LogP contribution in [-0.2, 0) is 0 Å². The molecule has 1 aromatic carbocycles. The van der Waals surface area contributed by atoms with Gasteiger partial charge in [-0.1, -0.05) is 6.92 Å². The van der Waals surface area contributed by atoms with Gasteiger partial charge in [0, 0.05) is 6.54 Å². The molecule has 0 bridgehead atoms. The van der Waals surface area contributed by atoms with Gasteiger partial charge in [0.15, 0.2) is 17.4 Å². The Morgan fingerprint density at radius 3 is 2.53 bits per heavy atom. The molecule has 0 saturated carbocycles. The van der Waals surface area contributed by atoms with E-state index in [9.17, 15) is 18.0 Å². The molecule has 0 spiro atoms. The molecule has 17 heavy (non-hydrogen) atoms. The third-order valence-corrected chi connectivity index (χ3v) is 2.10. The van der Waals surface area contributed by atoms with Crippen LogP contribution in [0.3, 0.4) is 0 Å². The molecule has 94 valence electrons. The summed E-state index contributed by atoms with van der Waals surface area (Å²) in [7, 11) is 0.995. The highest BCUT2D eigenvalue weighted by Crippen LogP contribution is 2.26. The molecular formula is C11H12F3NO2. The fraction of sp³-hybridized carbons (Fsp3) is 0.364. The van der Waals surface area contributed by atoms with Crippen LogP contribution in [0.25, 0.3) is 0 Å². The van der Waals surface area contributed by atoms with Gasteiger partial charge in [0.1, 0.15) is 0 Å². The van der Waals surface area contributed by atoms with Gasteiger partial charge in [0.05, 0.1) is 12.7 Å². The third-order valence-electron chi connectivity index (χ3n) is 2.10. The molecule has 6 heteroatoms. The molecule has 1 aromatic rings. The number of hydrogen-bond acceptors (Lipinski definition) is 2. The van der Waals surface area contributed by atoms with E-state index in [1.54, 1.807) is 0 Å². The van der Waals surface area contributed by atoms with Gasteiger partial charge >= 0.3 is 0 Å². The minimum atomic E-state index is -1.45. The van der Waals surface area contributed by atoms with E-state index in [4.69, 9.17) is 0 Å². The van der Waals surface area contributed by atoms with E-state index in [1.165, 1.54) is 0 Å². The number of rotatable bonds is 4. The van der Waals surface area contributed by atoms with Crippen molar-refractivity contribution in [3.63, 3.8) is 0 Å². The van der Waals surface area contributed by atoms with Gasteiger partial charge in [-0.05, 0) is 12.5 Å². The first-order valence-electron chi connectivity index (χ1n) is 5.02. The number of halogens is 3. The number of hydrogen-bond donors (Lipinski definition) is 1. The van der Waals surface area contributed by atoms with Crippen LogP contribution < -0.4 is 10.1 Å². The van der Waals surface area contributed by atoms with E-state index in [-0.39, 0.29) is 0 Å². The zero-order valence-electron chi connectivity index (χ0n) is 9.44. The van der Waals surface area contributed by atoms with Crippen LogP contribution in [0.5, 0.6) is 5.75 Å². The average Bonchev–Trinajstić information content (AvgIpc) is 2.31. The van der Waals surface area contributed by atoms with E-state index in [1.807, 2.05) is 6.92 Å². The molecule has 0 aliphatic rings. The van der Waals surface area contributed by atoms with Crippen molar-refractivity contribution in [3.05, 3.63) is 29.1 Å². The molecule has 0 aliphatic heterocycles. The zero-order valence-corrected chi connectivity index (χ0v) is 9.44.